The average molecular weight is 229 g/mol. The highest BCUT2D eigenvalue weighted by molar-refractivity contribution is 14.1. The second-order valence-electron chi connectivity index (χ2n) is 0.885. The van der Waals surface area contributed by atoms with Gasteiger partial charge in [-0.25, -0.2) is 0 Å². The third-order valence-electron chi connectivity index (χ3n) is 0.316. The lowest BCUT2D eigenvalue weighted by atomic mass is 10.7. The minimum atomic E-state index is 0.148. The predicted octanol–water partition coefficient (Wildman–Crippen LogP) is 1.19. The molecule has 0 aliphatic rings. The maximum absolute atomic E-state index is 9.97. The lowest BCUT2D eigenvalue weighted by Gasteiger charge is -1.83. The molecular weight excluding hydrogens is 217 g/mol. The lowest BCUT2D eigenvalue weighted by molar-refractivity contribution is -0.108. The fourth-order valence-electron chi connectivity index (χ4n) is 0.139. The Morgan fingerprint density at radius 3 is 2.00 bits per heavy atom. The van der Waals surface area contributed by atoms with Gasteiger partial charge in [0.15, 0.2) is 0 Å². The molecule has 50 valence electrons. The highest BCUT2D eigenvalue weighted by Crippen LogP contribution is 1.78. The van der Waals surface area contributed by atoms with Crippen molar-refractivity contribution in [1.29, 1.82) is 0 Å². The molecule has 0 bridgehead atoms. The van der Waals surface area contributed by atoms with Crippen molar-refractivity contribution < 1.29 is 4.79 Å². The van der Waals surface area contributed by atoms with E-state index in [2.05, 4.69) is 5.32 Å². The van der Waals surface area contributed by atoms with E-state index in [4.69, 9.17) is 0 Å². The Bertz CT molecular complexity index is 56.4. The Hall–Kier alpha value is 0.360. The molecule has 0 aromatic rings. The van der Waals surface area contributed by atoms with Crippen LogP contribution in [0.25, 0.3) is 0 Å². The second-order valence-corrected chi connectivity index (χ2v) is 2.09. The van der Waals surface area contributed by atoms with E-state index in [1.807, 2.05) is 13.8 Å². The first-order chi connectivity index (χ1) is 3.77. The average Bonchev–Trinajstić information content (AvgIpc) is 1.72. The normalized spacial score (nSPS) is 7.00. The van der Waals surface area contributed by atoms with Crippen molar-refractivity contribution in [1.82, 2.24) is 5.32 Å². The molecule has 0 spiro atoms. The Labute approximate surface area is 64.2 Å². The summed E-state index contributed by atoms with van der Waals surface area (Å²) in [6.45, 7) is 4.47. The molecule has 0 amide bonds. The molecule has 0 fully saturated rings. The summed E-state index contributed by atoms with van der Waals surface area (Å²) in [6, 6.07) is 0. The van der Waals surface area contributed by atoms with Crippen molar-refractivity contribution in [2.45, 2.75) is 13.8 Å². The number of nitrogens with one attached hydrogen (secondary N) is 1. The van der Waals surface area contributed by atoms with Gasteiger partial charge in [0.25, 0.3) is 0 Å². The molecular formula is C5H12INO. The van der Waals surface area contributed by atoms with Gasteiger partial charge in [-0.2, -0.15) is 0 Å². The molecule has 0 rings (SSSR count). The summed E-state index contributed by atoms with van der Waals surface area (Å²) in [4.78, 5) is 9.97. The van der Waals surface area contributed by atoms with Gasteiger partial charge >= 0.3 is 0 Å². The van der Waals surface area contributed by atoms with Gasteiger partial charge in [0.05, 0.1) is 6.54 Å². The highest BCUT2D eigenvalue weighted by Gasteiger charge is 1.85. The van der Waals surface area contributed by atoms with Gasteiger partial charge in [0, 0.05) is 22.6 Å². The van der Waals surface area contributed by atoms with E-state index in [-0.39, 0.29) is 3.79 Å². The van der Waals surface area contributed by atoms with E-state index in [0.29, 0.717) is 6.54 Å². The number of halogens is 1. The number of hydrogen-bond acceptors (Lipinski definition) is 2. The maximum Gasteiger partial charge on any atom is 0.206 e. The van der Waals surface area contributed by atoms with Crippen LogP contribution in [0.3, 0.4) is 0 Å². The summed E-state index contributed by atoms with van der Waals surface area (Å²) in [5.41, 5.74) is 0. The Morgan fingerprint density at radius 1 is 1.62 bits per heavy atom. The predicted molar refractivity (Wildman–Crippen MR) is 44.3 cm³/mol. The molecule has 3 heteroatoms. The lowest BCUT2D eigenvalue weighted by Crippen LogP contribution is -2.12. The van der Waals surface area contributed by atoms with Gasteiger partial charge in [-0.3, -0.25) is 4.79 Å². The zero-order valence-electron chi connectivity index (χ0n) is 5.49. The van der Waals surface area contributed by atoms with Crippen molar-refractivity contribution in [2.75, 3.05) is 13.6 Å². The van der Waals surface area contributed by atoms with Crippen molar-refractivity contribution in [3.8, 4) is 0 Å². The van der Waals surface area contributed by atoms with Crippen LogP contribution in [0, 0.1) is 0 Å². The monoisotopic (exact) mass is 229 g/mol. The summed E-state index contributed by atoms with van der Waals surface area (Å²) >= 11 is 1.74. The quantitative estimate of drug-likeness (QED) is 0.569. The van der Waals surface area contributed by atoms with Crippen LogP contribution in [-0.4, -0.2) is 17.4 Å². The van der Waals surface area contributed by atoms with Gasteiger partial charge in [0.1, 0.15) is 0 Å². The number of hydrogen-bond donors (Lipinski definition) is 1. The first-order valence-electron chi connectivity index (χ1n) is 2.60. The molecule has 0 aliphatic heterocycles. The van der Waals surface area contributed by atoms with Crippen LogP contribution < -0.4 is 5.32 Å². The minimum Gasteiger partial charge on any atom is -0.312 e. The molecule has 0 atom stereocenters. The van der Waals surface area contributed by atoms with E-state index in [0.717, 1.165) is 0 Å². The Balaban J connectivity index is 0. The first kappa shape index (κ1) is 11.2. The molecule has 0 aromatic heterocycles. The van der Waals surface area contributed by atoms with Crippen molar-refractivity contribution in [3.05, 3.63) is 0 Å². The molecule has 0 saturated carbocycles. The van der Waals surface area contributed by atoms with E-state index < -0.39 is 0 Å². The number of likely N-dealkylation sites (N-methyl/N-ethyl adjacent to an activating group) is 1. The molecule has 0 unspecified atom stereocenters. The number of carbonyl (C=O) groups excluding carboxylic acids is 1. The summed E-state index contributed by atoms with van der Waals surface area (Å²) < 4.78 is 0.148. The molecule has 0 aromatic carbocycles. The molecule has 0 heterocycles. The van der Waals surface area contributed by atoms with Gasteiger partial charge in [-0.15, -0.1) is 0 Å². The standard InChI is InChI=1S/C3H6INO.C2H6/c1-5-2-3(4)6;1-2/h5H,2H2,1H3;1-2H3. The zero-order valence-corrected chi connectivity index (χ0v) is 7.65. The first-order valence-corrected chi connectivity index (χ1v) is 3.68. The summed E-state index contributed by atoms with van der Waals surface area (Å²) in [6.07, 6.45) is 0. The minimum absolute atomic E-state index is 0.148. The zero-order chi connectivity index (χ0) is 6.99. The van der Waals surface area contributed by atoms with Gasteiger partial charge in [-0.1, -0.05) is 13.8 Å². The maximum atomic E-state index is 9.97. The largest absolute Gasteiger partial charge is 0.312 e. The van der Waals surface area contributed by atoms with E-state index in [9.17, 15) is 4.79 Å². The van der Waals surface area contributed by atoms with Crippen molar-refractivity contribution >= 4 is 26.4 Å². The Morgan fingerprint density at radius 2 is 2.00 bits per heavy atom. The number of rotatable bonds is 2. The molecule has 0 radical (unpaired) electrons. The van der Waals surface area contributed by atoms with Crippen LogP contribution in [0.4, 0.5) is 0 Å². The van der Waals surface area contributed by atoms with E-state index in [1.54, 1.807) is 29.6 Å². The van der Waals surface area contributed by atoms with Crippen LogP contribution >= 0.6 is 22.6 Å². The topological polar surface area (TPSA) is 29.1 Å². The smallest absolute Gasteiger partial charge is 0.206 e. The summed E-state index contributed by atoms with van der Waals surface area (Å²) in [5.74, 6) is 0. The fraction of sp³-hybridized carbons (Fsp3) is 0.800. The fourth-order valence-corrected chi connectivity index (χ4v) is 0.520. The summed E-state index contributed by atoms with van der Waals surface area (Å²) in [5, 5.41) is 2.71. The molecule has 0 aliphatic carbocycles. The van der Waals surface area contributed by atoms with Crippen LogP contribution in [-0.2, 0) is 4.79 Å². The Kier molecular flexibility index (Phi) is 14.5. The van der Waals surface area contributed by atoms with Crippen LogP contribution in [0.15, 0.2) is 0 Å². The van der Waals surface area contributed by atoms with Crippen molar-refractivity contribution in [3.63, 3.8) is 0 Å². The third-order valence-corrected chi connectivity index (χ3v) is 0.697. The van der Waals surface area contributed by atoms with Gasteiger partial charge in [0.2, 0.25) is 3.79 Å². The van der Waals surface area contributed by atoms with E-state index >= 15 is 0 Å². The second kappa shape index (κ2) is 10.4. The molecule has 2 nitrogen and oxygen atoms in total. The van der Waals surface area contributed by atoms with E-state index in [1.165, 1.54) is 0 Å². The molecule has 8 heavy (non-hydrogen) atoms. The number of carbonyl (C=O) groups is 1. The van der Waals surface area contributed by atoms with Crippen LogP contribution in [0.5, 0.6) is 0 Å². The third kappa shape index (κ3) is 16.2. The van der Waals surface area contributed by atoms with Gasteiger partial charge in [-0.05, 0) is 7.05 Å². The van der Waals surface area contributed by atoms with Crippen molar-refractivity contribution in [2.24, 2.45) is 0 Å². The highest BCUT2D eigenvalue weighted by atomic mass is 127. The van der Waals surface area contributed by atoms with Crippen LogP contribution in [0.1, 0.15) is 13.8 Å². The van der Waals surface area contributed by atoms with Crippen LogP contribution in [0.2, 0.25) is 0 Å². The van der Waals surface area contributed by atoms with Gasteiger partial charge < -0.3 is 5.32 Å². The molecule has 1 N–H and O–H groups in total. The molecule has 0 saturated heterocycles. The SMILES string of the molecule is CC.CNCC(=O)I. The summed E-state index contributed by atoms with van der Waals surface area (Å²) in [7, 11) is 1.75.